The molecule has 3 aliphatic carbocycles. The number of nitrogens with zero attached hydrogens (tertiary/aromatic N) is 1. The minimum atomic E-state index is -3.03. The van der Waals surface area contributed by atoms with Gasteiger partial charge in [-0.15, -0.1) is 0 Å². The second kappa shape index (κ2) is 28.1. The number of fused-ring (bicyclic) bond motifs is 5. The molecule has 3 unspecified atom stereocenters. The summed E-state index contributed by atoms with van der Waals surface area (Å²) in [6.07, 6.45) is -10.8. The lowest BCUT2D eigenvalue weighted by Crippen LogP contribution is -2.82. The molecule has 88 heavy (non-hydrogen) atoms. The fourth-order valence-electron chi connectivity index (χ4n) is 11.9. The molecular formula is C64H78N2O19S2Si. The molecule has 1 saturated heterocycles. The Balaban J connectivity index is 1.16. The molecule has 1 amide bonds. The standard InChI is InChI=1S/C64H78N2O19S2Si/c1-39-44(81-58(73)52(85-88(9,10)60(3,4)5)50(41-22-14-11-15-23-41)66-56(71)42-24-16-12-17-25-42)35-64(75)55(83-57(72)43-26-18-13-19-27-43)53-62(8,45(68)34-46-63(53,37-78-46)84-40(2)67)54(70)51(49(39)61(64,6)7)82-59(74)80-38-79-48(69)36-77-31-30-76-32-33-86-87-47-28-20-21-29-65-47/h11-29,44-46,50-53,55,68,75H,30-38H2,1-10H3,(H,66,71)/t44?,45-,46?,50?,51+,52+,53-,55-,62+,63-,64+/m0/s1. The summed E-state index contributed by atoms with van der Waals surface area (Å²) in [5.74, 6) is -6.32. The van der Waals surface area contributed by atoms with Crippen molar-refractivity contribution >= 4 is 71.6 Å². The highest BCUT2D eigenvalue weighted by molar-refractivity contribution is 8.76. The van der Waals surface area contributed by atoms with E-state index < -0.39 is 152 Å². The number of hydrogen-bond acceptors (Lipinski definition) is 22. The Hall–Kier alpha value is -6.48. The fraction of sp³-hybridized carbons (Fsp3) is 0.500. The Morgan fingerprint density at radius 1 is 0.830 bits per heavy atom. The van der Waals surface area contributed by atoms with Crippen molar-refractivity contribution in [2.75, 3.05) is 45.6 Å². The van der Waals surface area contributed by atoms with E-state index in [1.165, 1.54) is 50.6 Å². The summed E-state index contributed by atoms with van der Waals surface area (Å²) in [5, 5.41) is 30.2. The third kappa shape index (κ3) is 14.4. The normalized spacial score (nSPS) is 26.2. The van der Waals surface area contributed by atoms with E-state index in [0.29, 0.717) is 23.5 Å². The van der Waals surface area contributed by atoms with Gasteiger partial charge in [0.1, 0.15) is 35.5 Å². The van der Waals surface area contributed by atoms with Gasteiger partial charge in [-0.25, -0.2) is 24.2 Å². The predicted molar refractivity (Wildman–Crippen MR) is 325 cm³/mol. The Kier molecular flexibility index (Phi) is 21.6. The van der Waals surface area contributed by atoms with Crippen LogP contribution >= 0.6 is 21.6 Å². The quantitative estimate of drug-likeness (QED) is 0.0112. The minimum Gasteiger partial charge on any atom is -0.456 e. The average Bonchev–Trinajstić information content (AvgIpc) is 0.673. The van der Waals surface area contributed by atoms with Gasteiger partial charge < -0.3 is 62.6 Å². The number of benzene rings is 3. The molecule has 1 aliphatic heterocycles. The molecule has 24 heteroatoms. The average molecular weight is 1270 g/mol. The first-order valence-electron chi connectivity index (χ1n) is 29.0. The summed E-state index contributed by atoms with van der Waals surface area (Å²) in [6, 6.07) is 29.4. The van der Waals surface area contributed by atoms with Crippen molar-refractivity contribution in [3.8, 4) is 0 Å². The smallest absolute Gasteiger partial charge is 0.456 e. The lowest BCUT2D eigenvalue weighted by molar-refractivity contribution is -0.346. The zero-order valence-electron chi connectivity index (χ0n) is 51.1. The van der Waals surface area contributed by atoms with E-state index in [9.17, 15) is 34.2 Å². The van der Waals surface area contributed by atoms with Crippen molar-refractivity contribution in [1.29, 1.82) is 0 Å². The number of carbonyl (C=O) groups excluding carboxylic acids is 7. The van der Waals surface area contributed by atoms with Crippen molar-refractivity contribution in [3.05, 3.63) is 143 Å². The molecule has 474 valence electrons. The van der Waals surface area contributed by atoms with Gasteiger partial charge in [0.15, 0.2) is 31.9 Å². The van der Waals surface area contributed by atoms with Crippen LogP contribution in [0.5, 0.6) is 0 Å². The van der Waals surface area contributed by atoms with Crippen molar-refractivity contribution in [2.24, 2.45) is 16.7 Å². The number of carbonyl (C=O) groups is 7. The molecule has 2 heterocycles. The van der Waals surface area contributed by atoms with E-state index in [-0.39, 0.29) is 36.3 Å². The largest absolute Gasteiger partial charge is 0.512 e. The number of nitrogens with one attached hydrogen (secondary N) is 1. The molecule has 2 saturated carbocycles. The van der Waals surface area contributed by atoms with E-state index >= 15 is 9.59 Å². The highest BCUT2D eigenvalue weighted by Crippen LogP contribution is 2.64. The topological polar surface area (TPSA) is 277 Å². The van der Waals surface area contributed by atoms with Crippen LogP contribution in [-0.2, 0) is 66.2 Å². The number of aliphatic hydroxyl groups excluding tert-OH is 1. The highest BCUT2D eigenvalue weighted by atomic mass is 33.1. The number of pyridine rings is 1. The van der Waals surface area contributed by atoms with Crippen LogP contribution in [0.4, 0.5) is 4.79 Å². The summed E-state index contributed by atoms with van der Waals surface area (Å²) in [5.41, 5.74) is -7.77. The maximum absolute atomic E-state index is 16.3. The van der Waals surface area contributed by atoms with Gasteiger partial charge in [0.25, 0.3) is 5.91 Å². The Morgan fingerprint density at radius 2 is 1.47 bits per heavy atom. The van der Waals surface area contributed by atoms with E-state index in [1.807, 2.05) is 52.1 Å². The van der Waals surface area contributed by atoms with Gasteiger partial charge in [-0.2, -0.15) is 0 Å². The molecule has 0 radical (unpaired) electrons. The van der Waals surface area contributed by atoms with Crippen LogP contribution in [0.2, 0.25) is 18.1 Å². The van der Waals surface area contributed by atoms with Crippen molar-refractivity contribution < 1.29 is 90.8 Å². The van der Waals surface area contributed by atoms with E-state index in [4.69, 9.17) is 47.1 Å². The van der Waals surface area contributed by atoms with Crippen LogP contribution in [0.3, 0.4) is 0 Å². The lowest BCUT2D eigenvalue weighted by atomic mass is 9.44. The summed E-state index contributed by atoms with van der Waals surface area (Å²) in [4.78, 5) is 106. The molecule has 0 spiro atoms. The number of ether oxygens (including phenoxy) is 9. The van der Waals surface area contributed by atoms with Gasteiger partial charge >= 0.3 is 30.0 Å². The van der Waals surface area contributed by atoms with Gasteiger partial charge in [0, 0.05) is 42.7 Å². The highest BCUT2D eigenvalue weighted by Gasteiger charge is 2.78. The number of amides is 1. The Morgan fingerprint density at radius 3 is 2.08 bits per heavy atom. The monoisotopic (exact) mass is 1270 g/mol. The maximum atomic E-state index is 16.3. The second-order valence-electron chi connectivity index (χ2n) is 24.5. The fourth-order valence-corrected chi connectivity index (χ4v) is 14.9. The molecule has 8 rings (SSSR count). The third-order valence-corrected chi connectivity index (χ3v) is 24.4. The first-order chi connectivity index (χ1) is 41.7. The van der Waals surface area contributed by atoms with Gasteiger partial charge in [0.2, 0.25) is 6.79 Å². The zero-order valence-corrected chi connectivity index (χ0v) is 53.7. The van der Waals surface area contributed by atoms with Crippen LogP contribution in [0.1, 0.15) is 101 Å². The predicted octanol–water partition coefficient (Wildman–Crippen LogP) is 8.72. The first kappa shape index (κ1) is 67.4. The SMILES string of the molecule is CC(=O)O[C@@]12COC1C[C@H](O)[C@@]1(C)C(=O)[C@H](OC(=O)OCOC(=O)COCCOCCSSc3ccccn3)C3=C(C)C(OC(=O)[C@H](O[Si](C)(C)C(C)(C)C)C(NC(=O)c4ccccc4)c4ccccc4)C[C@@](O)([C@@H](OC(=O)c4ccccc4)[C@@H]12)C3(C)C. The molecule has 3 aromatic carbocycles. The molecule has 2 bridgehead atoms. The molecule has 1 aromatic heterocycles. The van der Waals surface area contributed by atoms with Crippen LogP contribution in [0.15, 0.2) is 132 Å². The molecule has 3 fully saturated rings. The third-order valence-electron chi connectivity index (χ3n) is 17.7. The number of Topliss-reactive ketones (excluding diaryl/α,β-unsaturated/α-hetero) is 1. The van der Waals surface area contributed by atoms with Crippen LogP contribution in [0.25, 0.3) is 0 Å². The van der Waals surface area contributed by atoms with E-state index in [2.05, 4.69) is 10.3 Å². The van der Waals surface area contributed by atoms with Crippen molar-refractivity contribution in [3.63, 3.8) is 0 Å². The van der Waals surface area contributed by atoms with E-state index in [1.54, 1.807) is 95.9 Å². The lowest BCUT2D eigenvalue weighted by Gasteiger charge is -2.67. The van der Waals surface area contributed by atoms with Crippen LogP contribution < -0.4 is 5.32 Å². The summed E-state index contributed by atoms with van der Waals surface area (Å²) in [7, 11) is 0.0551. The Labute approximate surface area is 521 Å². The molecule has 21 nitrogen and oxygen atoms in total. The van der Waals surface area contributed by atoms with Crippen LogP contribution in [0, 0.1) is 16.7 Å². The van der Waals surface area contributed by atoms with Gasteiger partial charge in [-0.05, 0) is 95.9 Å². The summed E-state index contributed by atoms with van der Waals surface area (Å²) < 4.78 is 60.0. The van der Waals surface area contributed by atoms with E-state index in [0.717, 1.165) is 11.9 Å². The maximum Gasteiger partial charge on any atom is 0.512 e. The summed E-state index contributed by atoms with van der Waals surface area (Å²) >= 11 is 0. The zero-order chi connectivity index (χ0) is 63.8. The molecule has 4 aliphatic rings. The molecule has 11 atom stereocenters. The number of hydrogen-bond donors (Lipinski definition) is 3. The minimum absolute atomic E-state index is 0.0296. The number of esters is 4. The van der Waals surface area contributed by atoms with Gasteiger partial charge in [-0.3, -0.25) is 14.4 Å². The first-order valence-corrected chi connectivity index (χ1v) is 34.3. The Bertz CT molecular complexity index is 3170. The number of aliphatic hydroxyl groups is 2. The number of rotatable bonds is 24. The summed E-state index contributed by atoms with van der Waals surface area (Å²) in [6.45, 7) is 15.5. The van der Waals surface area contributed by atoms with Crippen LogP contribution in [-0.4, -0.2) is 159 Å². The molecular weight excluding hydrogens is 1190 g/mol. The number of aromatic nitrogens is 1. The number of ketones is 1. The second-order valence-corrected chi connectivity index (χ2v) is 31.7. The van der Waals surface area contributed by atoms with Gasteiger partial charge in [0.05, 0.1) is 55.5 Å². The van der Waals surface area contributed by atoms with Crippen molar-refractivity contribution in [2.45, 2.75) is 145 Å². The molecule has 3 N–H and O–H groups in total. The van der Waals surface area contributed by atoms with Crippen molar-refractivity contribution in [1.82, 2.24) is 10.3 Å². The molecule has 4 aromatic rings. The van der Waals surface area contributed by atoms with Gasteiger partial charge in [-0.1, -0.05) is 118 Å².